The summed E-state index contributed by atoms with van der Waals surface area (Å²) in [5, 5.41) is 10.6. The van der Waals surface area contributed by atoms with E-state index in [1.54, 1.807) is 0 Å². The smallest absolute Gasteiger partial charge is 0.161 e. The quantitative estimate of drug-likeness (QED) is 0.922. The van der Waals surface area contributed by atoms with E-state index >= 15 is 0 Å². The van der Waals surface area contributed by atoms with Crippen LogP contribution < -0.4 is 9.47 Å². The number of β-amino-alcohol motifs (C(OH)–C–C–N with tert-alkyl or cyclic N) is 1. The van der Waals surface area contributed by atoms with Gasteiger partial charge in [0.25, 0.3) is 0 Å². The normalized spacial score (nSPS) is 21.7. The minimum atomic E-state index is -0.456. The van der Waals surface area contributed by atoms with Crippen LogP contribution in [0.4, 0.5) is 0 Å². The molecule has 0 aliphatic carbocycles. The lowest BCUT2D eigenvalue weighted by Gasteiger charge is -2.27. The fourth-order valence-electron chi connectivity index (χ4n) is 3.81. The van der Waals surface area contributed by atoms with E-state index in [1.807, 2.05) is 36.4 Å². The predicted molar refractivity (Wildman–Crippen MR) is 97.0 cm³/mol. The predicted octanol–water partition coefficient (Wildman–Crippen LogP) is 3.72. The maximum absolute atomic E-state index is 10.6. The zero-order valence-corrected chi connectivity index (χ0v) is 14.4. The van der Waals surface area contributed by atoms with Gasteiger partial charge in [-0.15, -0.1) is 0 Å². The van der Waals surface area contributed by atoms with Gasteiger partial charge in [-0.25, -0.2) is 0 Å². The van der Waals surface area contributed by atoms with Crippen molar-refractivity contribution in [2.24, 2.45) is 0 Å². The van der Waals surface area contributed by atoms with Gasteiger partial charge in [0.15, 0.2) is 11.5 Å². The van der Waals surface area contributed by atoms with Crippen LogP contribution in [0.3, 0.4) is 0 Å². The third-order valence-electron chi connectivity index (χ3n) is 5.11. The zero-order chi connectivity index (χ0) is 17.1. The number of hydrogen-bond donors (Lipinski definition) is 1. The monoisotopic (exact) mass is 339 g/mol. The number of hydrogen-bond acceptors (Lipinski definition) is 4. The summed E-state index contributed by atoms with van der Waals surface area (Å²) in [6, 6.07) is 16.5. The second-order valence-electron chi connectivity index (χ2n) is 6.84. The van der Waals surface area contributed by atoms with Crippen LogP contribution in [0.25, 0.3) is 0 Å². The molecule has 1 fully saturated rings. The fraction of sp³-hybridized carbons (Fsp3) is 0.429. The molecule has 0 saturated carbocycles. The Hall–Kier alpha value is -2.04. The molecule has 2 aliphatic rings. The van der Waals surface area contributed by atoms with Crippen molar-refractivity contribution in [2.45, 2.75) is 31.4 Å². The van der Waals surface area contributed by atoms with Crippen molar-refractivity contribution in [2.75, 3.05) is 26.3 Å². The molecule has 132 valence electrons. The van der Waals surface area contributed by atoms with E-state index in [2.05, 4.69) is 17.0 Å². The molecule has 2 atom stereocenters. The van der Waals surface area contributed by atoms with E-state index in [9.17, 15) is 5.11 Å². The summed E-state index contributed by atoms with van der Waals surface area (Å²) >= 11 is 0. The molecule has 2 heterocycles. The van der Waals surface area contributed by atoms with Crippen LogP contribution in [-0.2, 0) is 0 Å². The number of rotatable bonds is 4. The Balaban J connectivity index is 1.50. The third kappa shape index (κ3) is 3.65. The van der Waals surface area contributed by atoms with Gasteiger partial charge in [0.05, 0.1) is 19.3 Å². The van der Waals surface area contributed by atoms with Crippen LogP contribution in [0.1, 0.15) is 42.5 Å². The van der Waals surface area contributed by atoms with Gasteiger partial charge >= 0.3 is 0 Å². The number of aliphatic hydroxyl groups is 1. The highest BCUT2D eigenvalue weighted by atomic mass is 16.5. The van der Waals surface area contributed by atoms with Crippen molar-refractivity contribution >= 4 is 0 Å². The standard InChI is InChI=1S/C21H25NO3/c23-19(16-6-2-1-3-7-16)15-22-11-4-8-18(22)17-9-10-20-21(14-17)25-13-5-12-24-20/h1-3,6-7,9-10,14,18-19,23H,4-5,8,11-13,15H2/t18-,19-/m0/s1. The Bertz CT molecular complexity index is 704. The van der Waals surface area contributed by atoms with Gasteiger partial charge in [-0.05, 0) is 42.6 Å². The van der Waals surface area contributed by atoms with Gasteiger partial charge in [-0.2, -0.15) is 0 Å². The third-order valence-corrected chi connectivity index (χ3v) is 5.11. The Labute approximate surface area is 149 Å². The number of aliphatic hydroxyl groups excluding tert-OH is 1. The van der Waals surface area contributed by atoms with Gasteiger partial charge in [0.2, 0.25) is 0 Å². The first-order valence-electron chi connectivity index (χ1n) is 9.18. The molecule has 4 rings (SSSR count). The van der Waals surface area contributed by atoms with E-state index < -0.39 is 6.10 Å². The van der Waals surface area contributed by atoms with Crippen molar-refractivity contribution in [3.63, 3.8) is 0 Å². The molecule has 1 saturated heterocycles. The van der Waals surface area contributed by atoms with Crippen LogP contribution in [-0.4, -0.2) is 36.3 Å². The summed E-state index contributed by atoms with van der Waals surface area (Å²) in [7, 11) is 0. The molecule has 0 spiro atoms. The summed E-state index contributed by atoms with van der Waals surface area (Å²) in [6.45, 7) is 3.09. The highest BCUT2D eigenvalue weighted by molar-refractivity contribution is 5.44. The molecule has 0 unspecified atom stereocenters. The number of nitrogens with zero attached hydrogens (tertiary/aromatic N) is 1. The van der Waals surface area contributed by atoms with Crippen LogP contribution in [0.2, 0.25) is 0 Å². The van der Waals surface area contributed by atoms with Gasteiger partial charge < -0.3 is 14.6 Å². The van der Waals surface area contributed by atoms with Crippen molar-refractivity contribution in [3.8, 4) is 11.5 Å². The molecule has 0 radical (unpaired) electrons. The summed E-state index contributed by atoms with van der Waals surface area (Å²) in [5.74, 6) is 1.69. The number of ether oxygens (including phenoxy) is 2. The molecule has 2 aromatic rings. The first-order chi connectivity index (χ1) is 12.3. The largest absolute Gasteiger partial charge is 0.490 e. The highest BCUT2D eigenvalue weighted by Gasteiger charge is 2.28. The molecule has 0 bridgehead atoms. The van der Waals surface area contributed by atoms with E-state index in [0.717, 1.165) is 42.9 Å². The summed E-state index contributed by atoms with van der Waals surface area (Å²) in [6.07, 6.45) is 2.73. The van der Waals surface area contributed by atoms with E-state index in [1.165, 1.54) is 5.56 Å². The lowest BCUT2D eigenvalue weighted by molar-refractivity contribution is 0.106. The van der Waals surface area contributed by atoms with Gasteiger partial charge in [-0.1, -0.05) is 36.4 Å². The first-order valence-corrected chi connectivity index (χ1v) is 9.18. The SMILES string of the molecule is O[C@@H](CN1CCC[C@H]1c1ccc2c(c1)OCCCO2)c1ccccc1. The summed E-state index contributed by atoms with van der Waals surface area (Å²) < 4.78 is 11.6. The molecule has 4 heteroatoms. The maximum Gasteiger partial charge on any atom is 0.161 e. The Morgan fingerprint density at radius 3 is 2.64 bits per heavy atom. The van der Waals surface area contributed by atoms with E-state index in [0.29, 0.717) is 25.8 Å². The molecule has 4 nitrogen and oxygen atoms in total. The zero-order valence-electron chi connectivity index (χ0n) is 14.4. The Morgan fingerprint density at radius 1 is 1.00 bits per heavy atom. The van der Waals surface area contributed by atoms with Gasteiger partial charge in [0, 0.05) is 19.0 Å². The second-order valence-corrected chi connectivity index (χ2v) is 6.84. The van der Waals surface area contributed by atoms with Crippen molar-refractivity contribution in [1.29, 1.82) is 0 Å². The minimum absolute atomic E-state index is 0.329. The molecule has 25 heavy (non-hydrogen) atoms. The van der Waals surface area contributed by atoms with Gasteiger partial charge in [-0.3, -0.25) is 4.90 Å². The molecule has 0 amide bonds. The van der Waals surface area contributed by atoms with Crippen LogP contribution in [0.15, 0.2) is 48.5 Å². The summed E-state index contributed by atoms with van der Waals surface area (Å²) in [4.78, 5) is 2.39. The molecule has 2 aromatic carbocycles. The Kier molecular flexibility index (Phi) is 4.90. The molecule has 0 aromatic heterocycles. The second kappa shape index (κ2) is 7.46. The van der Waals surface area contributed by atoms with Crippen LogP contribution >= 0.6 is 0 Å². The maximum atomic E-state index is 10.6. The van der Waals surface area contributed by atoms with Gasteiger partial charge in [0.1, 0.15) is 0 Å². The van der Waals surface area contributed by atoms with Crippen LogP contribution in [0, 0.1) is 0 Å². The van der Waals surface area contributed by atoms with Crippen molar-refractivity contribution in [1.82, 2.24) is 4.90 Å². The van der Waals surface area contributed by atoms with E-state index in [4.69, 9.17) is 9.47 Å². The van der Waals surface area contributed by atoms with Crippen LogP contribution in [0.5, 0.6) is 11.5 Å². The molecular formula is C21H25NO3. The number of fused-ring (bicyclic) bond motifs is 1. The lowest BCUT2D eigenvalue weighted by atomic mass is 10.0. The lowest BCUT2D eigenvalue weighted by Crippen LogP contribution is -2.28. The van der Waals surface area contributed by atoms with E-state index in [-0.39, 0.29) is 0 Å². The molecule has 2 aliphatic heterocycles. The first kappa shape index (κ1) is 16.4. The molecule has 1 N–H and O–H groups in total. The molecular weight excluding hydrogens is 314 g/mol. The Morgan fingerprint density at radius 2 is 1.80 bits per heavy atom. The highest BCUT2D eigenvalue weighted by Crippen LogP contribution is 2.38. The number of likely N-dealkylation sites (tertiary alicyclic amines) is 1. The average Bonchev–Trinajstić information content (AvgIpc) is 2.98. The average molecular weight is 339 g/mol. The van der Waals surface area contributed by atoms with Crippen molar-refractivity contribution < 1.29 is 14.6 Å². The fourth-order valence-corrected chi connectivity index (χ4v) is 3.81. The van der Waals surface area contributed by atoms with Crippen molar-refractivity contribution in [3.05, 3.63) is 59.7 Å². The number of benzene rings is 2. The topological polar surface area (TPSA) is 41.9 Å². The minimum Gasteiger partial charge on any atom is -0.490 e. The summed E-state index contributed by atoms with van der Waals surface area (Å²) in [5.41, 5.74) is 2.23.